The summed E-state index contributed by atoms with van der Waals surface area (Å²) in [7, 11) is 0. The first-order valence-corrected chi connectivity index (χ1v) is 11.0. The predicted molar refractivity (Wildman–Crippen MR) is 120 cm³/mol. The van der Waals surface area contributed by atoms with E-state index in [1.54, 1.807) is 0 Å². The van der Waals surface area contributed by atoms with Crippen LogP contribution in [0.1, 0.15) is 64.6 Å². The molecule has 158 valence electrons. The van der Waals surface area contributed by atoms with E-state index in [9.17, 15) is 8.78 Å². The fourth-order valence-electron chi connectivity index (χ4n) is 3.30. The van der Waals surface area contributed by atoms with Crippen LogP contribution in [0.3, 0.4) is 0 Å². The summed E-state index contributed by atoms with van der Waals surface area (Å²) in [6, 6.07) is 3.57. The Kier molecular flexibility index (Phi) is 8.29. The van der Waals surface area contributed by atoms with Crippen molar-refractivity contribution in [3.8, 4) is 10.6 Å². The smallest absolute Gasteiger partial charge is 0.133 e. The zero-order valence-corrected chi connectivity index (χ0v) is 19.1. The lowest BCUT2D eigenvalue weighted by molar-refractivity contribution is 0.233. The molecule has 2 nitrogen and oxygen atoms in total. The van der Waals surface area contributed by atoms with Crippen LogP contribution in [0.4, 0.5) is 8.78 Å². The Morgan fingerprint density at radius 1 is 1.24 bits per heavy atom. The predicted octanol–water partition coefficient (Wildman–Crippen LogP) is 7.24. The average Bonchev–Trinajstić information content (AvgIpc) is 3.10. The number of halogens is 2. The molecule has 1 heterocycles. The Morgan fingerprint density at radius 3 is 2.55 bits per heavy atom. The number of nitrogens with one attached hydrogen (secondary N) is 1. The van der Waals surface area contributed by atoms with Crippen molar-refractivity contribution in [2.75, 3.05) is 6.54 Å². The van der Waals surface area contributed by atoms with Crippen LogP contribution in [0, 0.1) is 17.0 Å². The molecule has 0 fully saturated rings. The van der Waals surface area contributed by atoms with E-state index in [1.165, 1.54) is 29.0 Å². The quantitative estimate of drug-likeness (QED) is 0.434. The lowest BCUT2D eigenvalue weighted by Crippen LogP contribution is -2.34. The lowest BCUT2D eigenvalue weighted by atomic mass is 9.79. The van der Waals surface area contributed by atoms with Crippen molar-refractivity contribution in [1.29, 1.82) is 0 Å². The van der Waals surface area contributed by atoms with E-state index in [0.717, 1.165) is 29.6 Å². The summed E-state index contributed by atoms with van der Waals surface area (Å²) >= 11 is 1.45. The Bertz CT molecular complexity index is 881. The van der Waals surface area contributed by atoms with E-state index in [2.05, 4.69) is 45.2 Å². The minimum Gasteiger partial charge on any atom is -0.308 e. The summed E-state index contributed by atoms with van der Waals surface area (Å²) in [6.07, 6.45) is 7.86. The van der Waals surface area contributed by atoms with Gasteiger partial charge in [-0.2, -0.15) is 0 Å². The van der Waals surface area contributed by atoms with Gasteiger partial charge in [0.15, 0.2) is 0 Å². The molecule has 0 bridgehead atoms. The summed E-state index contributed by atoms with van der Waals surface area (Å²) < 4.78 is 28.3. The number of hydrogen-bond acceptors (Lipinski definition) is 3. The van der Waals surface area contributed by atoms with Gasteiger partial charge >= 0.3 is 0 Å². The van der Waals surface area contributed by atoms with Crippen LogP contribution >= 0.6 is 11.3 Å². The van der Waals surface area contributed by atoms with E-state index in [-0.39, 0.29) is 17.0 Å². The maximum absolute atomic E-state index is 14.5. The summed E-state index contributed by atoms with van der Waals surface area (Å²) in [5.74, 6) is -0.910. The Hall–Kier alpha value is -1.85. The fraction of sp³-hybridized carbons (Fsp3) is 0.458. The summed E-state index contributed by atoms with van der Waals surface area (Å²) in [5.41, 5.74) is 2.30. The van der Waals surface area contributed by atoms with Crippen molar-refractivity contribution >= 4 is 11.3 Å². The molecule has 2 aromatic rings. The standard InChI is InChI=1S/C24H32F2N2S/c1-7-11-16(8-2)14-20-21(22(27-10-4)24(5,6)9-3)28-23(29-20)18-15-17(25)12-13-19(18)26/h7-8,11-13,15,22,27H,9-10,14H2,1-6H3. The third-order valence-electron chi connectivity index (χ3n) is 5.38. The lowest BCUT2D eigenvalue weighted by Gasteiger charge is -2.33. The van der Waals surface area contributed by atoms with Crippen LogP contribution in [0.25, 0.3) is 10.6 Å². The molecule has 0 saturated heterocycles. The topological polar surface area (TPSA) is 24.9 Å². The molecule has 29 heavy (non-hydrogen) atoms. The number of rotatable bonds is 9. The molecular formula is C24H32F2N2S. The van der Waals surface area contributed by atoms with Crippen molar-refractivity contribution in [2.24, 2.45) is 5.41 Å². The summed E-state index contributed by atoms with van der Waals surface area (Å²) in [4.78, 5) is 5.95. The maximum Gasteiger partial charge on any atom is 0.133 e. The van der Waals surface area contributed by atoms with Crippen LogP contribution in [-0.4, -0.2) is 11.5 Å². The van der Waals surface area contributed by atoms with Crippen LogP contribution in [-0.2, 0) is 6.42 Å². The van der Waals surface area contributed by atoms with Crippen molar-refractivity contribution in [1.82, 2.24) is 10.3 Å². The average molecular weight is 419 g/mol. The molecule has 0 spiro atoms. The van der Waals surface area contributed by atoms with Gasteiger partial charge in [0.05, 0.1) is 11.7 Å². The Morgan fingerprint density at radius 2 is 1.97 bits per heavy atom. The highest BCUT2D eigenvalue weighted by atomic mass is 32.1. The highest BCUT2D eigenvalue weighted by molar-refractivity contribution is 7.15. The van der Waals surface area contributed by atoms with Crippen LogP contribution in [0.5, 0.6) is 0 Å². The maximum atomic E-state index is 14.5. The molecule has 1 unspecified atom stereocenters. The highest BCUT2D eigenvalue weighted by Crippen LogP contribution is 2.42. The molecule has 0 aliphatic carbocycles. The zero-order chi connectivity index (χ0) is 21.6. The zero-order valence-electron chi connectivity index (χ0n) is 18.3. The molecular weight excluding hydrogens is 386 g/mol. The number of thiazole rings is 1. The van der Waals surface area contributed by atoms with E-state index < -0.39 is 11.6 Å². The van der Waals surface area contributed by atoms with Gasteiger partial charge in [-0.25, -0.2) is 13.8 Å². The second-order valence-electron chi connectivity index (χ2n) is 7.82. The van der Waals surface area contributed by atoms with Gasteiger partial charge in [-0.05, 0) is 56.0 Å². The van der Waals surface area contributed by atoms with Gasteiger partial charge in [-0.1, -0.05) is 45.9 Å². The van der Waals surface area contributed by atoms with Crippen molar-refractivity contribution in [3.63, 3.8) is 0 Å². The molecule has 1 aromatic carbocycles. The van der Waals surface area contributed by atoms with Gasteiger partial charge in [0.1, 0.15) is 16.6 Å². The molecule has 1 aromatic heterocycles. The molecule has 0 amide bonds. The first kappa shape index (κ1) is 23.4. The number of allylic oxidation sites excluding steroid dienone is 4. The van der Waals surface area contributed by atoms with Crippen molar-refractivity contribution < 1.29 is 8.78 Å². The second kappa shape index (κ2) is 10.3. The Balaban J connectivity index is 2.65. The minimum absolute atomic E-state index is 0.0258. The van der Waals surface area contributed by atoms with Gasteiger partial charge in [-0.15, -0.1) is 11.3 Å². The van der Waals surface area contributed by atoms with Crippen LogP contribution < -0.4 is 5.32 Å². The van der Waals surface area contributed by atoms with Crippen molar-refractivity contribution in [2.45, 2.75) is 60.4 Å². The summed E-state index contributed by atoms with van der Waals surface area (Å²) in [6.45, 7) is 13.5. The number of hydrogen-bond donors (Lipinski definition) is 1. The monoisotopic (exact) mass is 418 g/mol. The molecule has 0 aliphatic heterocycles. The van der Waals surface area contributed by atoms with Crippen molar-refractivity contribution in [3.05, 3.63) is 64.2 Å². The summed E-state index contributed by atoms with van der Waals surface area (Å²) in [5, 5.41) is 4.11. The van der Waals surface area contributed by atoms with Gasteiger partial charge in [0.25, 0.3) is 0 Å². The third-order valence-corrected chi connectivity index (χ3v) is 6.48. The molecule has 1 N–H and O–H groups in total. The van der Waals surface area contributed by atoms with Gasteiger partial charge in [0.2, 0.25) is 0 Å². The van der Waals surface area contributed by atoms with E-state index in [0.29, 0.717) is 11.4 Å². The normalized spacial score (nSPS) is 14.0. The van der Waals surface area contributed by atoms with E-state index in [1.807, 2.05) is 19.9 Å². The van der Waals surface area contributed by atoms with Gasteiger partial charge in [-0.3, -0.25) is 0 Å². The van der Waals surface area contributed by atoms with Gasteiger partial charge < -0.3 is 5.32 Å². The largest absolute Gasteiger partial charge is 0.308 e. The molecule has 0 aliphatic rings. The number of aromatic nitrogens is 1. The SMILES string of the molecule is CC=CC(=CC)Cc1sc(-c2cc(F)ccc2F)nc1C(NCC)C(C)(C)CC. The molecule has 5 heteroatoms. The third kappa shape index (κ3) is 5.61. The first-order chi connectivity index (χ1) is 13.8. The molecule has 1 atom stereocenters. The van der Waals surface area contributed by atoms with Crippen LogP contribution in [0.2, 0.25) is 0 Å². The van der Waals surface area contributed by atoms with E-state index >= 15 is 0 Å². The fourth-order valence-corrected chi connectivity index (χ4v) is 4.45. The Labute approximate surface area is 177 Å². The first-order valence-electron chi connectivity index (χ1n) is 10.2. The van der Waals surface area contributed by atoms with Gasteiger partial charge in [0, 0.05) is 16.9 Å². The molecule has 2 rings (SSSR count). The van der Waals surface area contributed by atoms with E-state index in [4.69, 9.17) is 4.98 Å². The number of benzene rings is 1. The minimum atomic E-state index is -0.458. The molecule has 0 radical (unpaired) electrons. The number of nitrogens with zero attached hydrogens (tertiary/aromatic N) is 1. The highest BCUT2D eigenvalue weighted by Gasteiger charge is 2.33. The molecule has 0 saturated carbocycles. The van der Waals surface area contributed by atoms with Crippen LogP contribution in [0.15, 0.2) is 42.0 Å². The second-order valence-corrected chi connectivity index (χ2v) is 8.91.